The fourth-order valence-corrected chi connectivity index (χ4v) is 0.520. The molecule has 11 heavy (non-hydrogen) atoms. The molecule has 0 bridgehead atoms. The van der Waals surface area contributed by atoms with E-state index in [0.717, 1.165) is 7.11 Å². The smallest absolute Gasteiger partial charge is 0.382 e. The molecule has 0 saturated heterocycles. The zero-order valence-electron chi connectivity index (χ0n) is 6.35. The lowest BCUT2D eigenvalue weighted by Crippen LogP contribution is -2.02. The van der Waals surface area contributed by atoms with Crippen LogP contribution < -0.4 is 0 Å². The Bertz CT molecular complexity index is 137. The van der Waals surface area contributed by atoms with Crippen molar-refractivity contribution in [2.75, 3.05) is 27.4 Å². The molecule has 1 unspecified atom stereocenters. The molecule has 0 fully saturated rings. The third-order valence-electron chi connectivity index (χ3n) is 0.748. The van der Waals surface area contributed by atoms with E-state index in [1.807, 2.05) is 0 Å². The van der Waals surface area contributed by atoms with Gasteiger partial charge >= 0.3 is 7.82 Å². The zero-order valence-corrected chi connectivity index (χ0v) is 7.24. The summed E-state index contributed by atoms with van der Waals surface area (Å²) in [4.78, 5) is 12.8. The van der Waals surface area contributed by atoms with Gasteiger partial charge in [-0.2, -0.15) is 0 Å². The highest BCUT2D eigenvalue weighted by molar-refractivity contribution is 7.47. The van der Waals surface area contributed by atoms with Gasteiger partial charge in [-0.3, -0.25) is 4.52 Å². The summed E-state index contributed by atoms with van der Waals surface area (Å²) in [6.45, 7) is 0.355. The van der Waals surface area contributed by atoms with Crippen molar-refractivity contribution < 1.29 is 28.3 Å². The van der Waals surface area contributed by atoms with Crippen molar-refractivity contribution in [3.05, 3.63) is 0 Å². The predicted molar refractivity (Wildman–Crippen MR) is 35.7 cm³/mol. The van der Waals surface area contributed by atoms with Crippen LogP contribution in [0.4, 0.5) is 0 Å². The molecule has 0 aromatic carbocycles. The van der Waals surface area contributed by atoms with E-state index in [1.165, 1.54) is 7.11 Å². The first-order valence-electron chi connectivity index (χ1n) is 2.81. The number of ether oxygens (including phenoxy) is 1. The SMILES string of the molecule is COCCOOP(=O)(O)OC. The summed E-state index contributed by atoms with van der Waals surface area (Å²) < 4.78 is 23.1. The summed E-state index contributed by atoms with van der Waals surface area (Å²) in [5.74, 6) is 0. The molecule has 0 amide bonds. The molecule has 0 aliphatic heterocycles. The molecule has 6 nitrogen and oxygen atoms in total. The summed E-state index contributed by atoms with van der Waals surface area (Å²) in [6, 6.07) is 0. The highest BCUT2D eigenvalue weighted by Gasteiger charge is 2.19. The summed E-state index contributed by atoms with van der Waals surface area (Å²) >= 11 is 0. The molecule has 0 heterocycles. The topological polar surface area (TPSA) is 74.2 Å². The second kappa shape index (κ2) is 5.65. The standard InChI is InChI=1S/C4H11O6P/c1-7-3-4-9-10-11(5,6)8-2/h3-4H2,1-2H3,(H,5,6). The van der Waals surface area contributed by atoms with E-state index in [0.29, 0.717) is 0 Å². The van der Waals surface area contributed by atoms with E-state index < -0.39 is 7.82 Å². The third kappa shape index (κ3) is 6.43. The average molecular weight is 186 g/mol. The Hall–Kier alpha value is 0.0300. The van der Waals surface area contributed by atoms with Gasteiger partial charge in [0.1, 0.15) is 6.61 Å². The largest absolute Gasteiger partial charge is 0.499 e. The van der Waals surface area contributed by atoms with E-state index in [9.17, 15) is 4.57 Å². The average Bonchev–Trinajstić information content (AvgIpc) is 1.99. The fraction of sp³-hybridized carbons (Fsp3) is 1.00. The molecule has 0 rings (SSSR count). The van der Waals surface area contributed by atoms with E-state index in [2.05, 4.69) is 18.8 Å². The van der Waals surface area contributed by atoms with Crippen LogP contribution in [0.1, 0.15) is 0 Å². The van der Waals surface area contributed by atoms with Crippen LogP contribution in [-0.2, 0) is 23.4 Å². The Morgan fingerprint density at radius 3 is 2.45 bits per heavy atom. The first-order chi connectivity index (χ1) is 5.12. The molecule has 0 saturated carbocycles. The first kappa shape index (κ1) is 11.0. The minimum Gasteiger partial charge on any atom is -0.382 e. The Balaban J connectivity index is 3.31. The predicted octanol–water partition coefficient (Wildman–Crippen LogP) is 0.328. The van der Waals surface area contributed by atoms with Crippen molar-refractivity contribution in [2.24, 2.45) is 0 Å². The van der Waals surface area contributed by atoms with Crippen LogP contribution in [0.25, 0.3) is 0 Å². The molecule has 1 N–H and O–H groups in total. The van der Waals surface area contributed by atoms with Crippen LogP contribution in [0.15, 0.2) is 0 Å². The van der Waals surface area contributed by atoms with Crippen molar-refractivity contribution in [3.63, 3.8) is 0 Å². The van der Waals surface area contributed by atoms with E-state index in [-0.39, 0.29) is 13.2 Å². The maximum atomic E-state index is 10.5. The highest BCUT2D eigenvalue weighted by atomic mass is 31.2. The van der Waals surface area contributed by atoms with Crippen LogP contribution in [0.5, 0.6) is 0 Å². The highest BCUT2D eigenvalue weighted by Crippen LogP contribution is 2.41. The number of hydrogen-bond acceptors (Lipinski definition) is 5. The van der Waals surface area contributed by atoms with Gasteiger partial charge in [0.25, 0.3) is 0 Å². The van der Waals surface area contributed by atoms with Gasteiger partial charge in [-0.25, -0.2) is 9.45 Å². The minimum absolute atomic E-state index is 0.0738. The maximum Gasteiger partial charge on any atom is 0.499 e. The van der Waals surface area contributed by atoms with Crippen LogP contribution in [0.3, 0.4) is 0 Å². The fourth-order valence-electron chi connectivity index (χ4n) is 0.252. The van der Waals surface area contributed by atoms with Gasteiger partial charge in [0.15, 0.2) is 0 Å². The molecular weight excluding hydrogens is 175 g/mol. The summed E-state index contributed by atoms with van der Waals surface area (Å²) in [5, 5.41) is 0. The number of hydrogen-bond donors (Lipinski definition) is 1. The molecule has 68 valence electrons. The maximum absolute atomic E-state index is 10.5. The van der Waals surface area contributed by atoms with Crippen molar-refractivity contribution in [3.8, 4) is 0 Å². The quantitative estimate of drug-likeness (QED) is 0.279. The molecule has 7 heteroatoms. The summed E-state index contributed by atoms with van der Waals surface area (Å²) in [5.41, 5.74) is 0. The van der Waals surface area contributed by atoms with Crippen LogP contribution in [0, 0.1) is 0 Å². The van der Waals surface area contributed by atoms with E-state index in [4.69, 9.17) is 4.89 Å². The van der Waals surface area contributed by atoms with Gasteiger partial charge in [-0.15, -0.1) is 4.67 Å². The van der Waals surface area contributed by atoms with E-state index in [1.54, 1.807) is 0 Å². The van der Waals surface area contributed by atoms with Crippen molar-refractivity contribution in [1.29, 1.82) is 0 Å². The van der Waals surface area contributed by atoms with Crippen LogP contribution >= 0.6 is 7.82 Å². The normalized spacial score (nSPS) is 16.3. The molecule has 0 aliphatic carbocycles. The summed E-state index contributed by atoms with van der Waals surface area (Å²) in [6.07, 6.45) is 0. The van der Waals surface area contributed by atoms with Crippen molar-refractivity contribution in [2.45, 2.75) is 0 Å². The molecular formula is C4H11O6P. The Morgan fingerprint density at radius 1 is 1.36 bits per heavy atom. The number of rotatable bonds is 6. The van der Waals surface area contributed by atoms with Gasteiger partial charge in [0.05, 0.1) is 6.61 Å². The molecule has 0 aromatic rings. The summed E-state index contributed by atoms with van der Waals surface area (Å²) in [7, 11) is -1.48. The number of phosphoric acid groups is 1. The number of phosphoric ester groups is 1. The van der Waals surface area contributed by atoms with Gasteiger partial charge < -0.3 is 9.63 Å². The lowest BCUT2D eigenvalue weighted by molar-refractivity contribution is -0.229. The zero-order chi connectivity index (χ0) is 8.74. The molecule has 1 atom stereocenters. The first-order valence-corrected chi connectivity index (χ1v) is 4.30. The van der Waals surface area contributed by atoms with Crippen molar-refractivity contribution in [1.82, 2.24) is 0 Å². The van der Waals surface area contributed by atoms with Crippen molar-refractivity contribution >= 4 is 7.82 Å². The second-order valence-electron chi connectivity index (χ2n) is 1.54. The van der Waals surface area contributed by atoms with Crippen LogP contribution in [-0.4, -0.2) is 32.3 Å². The molecule has 0 radical (unpaired) electrons. The van der Waals surface area contributed by atoms with E-state index >= 15 is 0 Å². The Labute approximate surface area is 64.6 Å². The second-order valence-corrected chi connectivity index (χ2v) is 2.99. The number of methoxy groups -OCH3 is 1. The monoisotopic (exact) mass is 186 g/mol. The van der Waals surface area contributed by atoms with Gasteiger partial charge in [-0.05, 0) is 0 Å². The molecule has 0 spiro atoms. The van der Waals surface area contributed by atoms with Gasteiger partial charge in [0.2, 0.25) is 0 Å². The molecule has 0 aromatic heterocycles. The lowest BCUT2D eigenvalue weighted by Gasteiger charge is -2.06. The molecule has 0 aliphatic rings. The van der Waals surface area contributed by atoms with Gasteiger partial charge in [0, 0.05) is 14.2 Å². The Kier molecular flexibility index (Phi) is 5.67. The van der Waals surface area contributed by atoms with Crippen LogP contribution in [0.2, 0.25) is 0 Å². The van der Waals surface area contributed by atoms with Gasteiger partial charge in [-0.1, -0.05) is 0 Å². The lowest BCUT2D eigenvalue weighted by atomic mass is 10.8. The Morgan fingerprint density at radius 2 is 2.00 bits per heavy atom. The minimum atomic E-state index is -3.99. The third-order valence-corrected chi connectivity index (χ3v) is 1.50.